The Balaban J connectivity index is 1.87. The monoisotopic (exact) mass is 545 g/mol. The zero-order chi connectivity index (χ0) is 29.5. The molecule has 1 aliphatic heterocycles. The Bertz CT molecular complexity index is 1460. The van der Waals surface area contributed by atoms with Crippen LogP contribution in [0.1, 0.15) is 63.2 Å². The van der Waals surface area contributed by atoms with E-state index in [0.717, 1.165) is 39.2 Å². The molecule has 0 saturated carbocycles. The quantitative estimate of drug-likeness (QED) is 0.278. The van der Waals surface area contributed by atoms with Crippen molar-refractivity contribution in [3.8, 4) is 0 Å². The van der Waals surface area contributed by atoms with E-state index in [2.05, 4.69) is 111 Å². The summed E-state index contributed by atoms with van der Waals surface area (Å²) in [6.45, 7) is 15.4. The van der Waals surface area contributed by atoms with Crippen molar-refractivity contribution in [2.24, 2.45) is 11.7 Å². The van der Waals surface area contributed by atoms with Gasteiger partial charge in [-0.2, -0.15) is 0 Å². The molecule has 0 aliphatic carbocycles. The Morgan fingerprint density at radius 2 is 1.63 bits per heavy atom. The average Bonchev–Trinajstić information content (AvgIpc) is 2.98. The van der Waals surface area contributed by atoms with Crippen LogP contribution < -0.4 is 11.1 Å². The maximum absolute atomic E-state index is 6.16. The lowest BCUT2D eigenvalue weighted by Gasteiger charge is -2.37. The number of hydrogen-bond donors (Lipinski definition) is 2. The summed E-state index contributed by atoms with van der Waals surface area (Å²) in [5.41, 5.74) is 17.4. The van der Waals surface area contributed by atoms with E-state index in [9.17, 15) is 0 Å². The number of hydrogen-bond acceptors (Lipinski definition) is 5. The number of allylic oxidation sites excluding steroid dienone is 4. The maximum atomic E-state index is 6.16. The summed E-state index contributed by atoms with van der Waals surface area (Å²) in [6.07, 6.45) is 10.4. The first-order valence-corrected chi connectivity index (χ1v) is 14.3. The number of pyridine rings is 2. The first-order chi connectivity index (χ1) is 19.7. The van der Waals surface area contributed by atoms with Crippen LogP contribution in [0.3, 0.4) is 0 Å². The molecule has 3 atom stereocenters. The van der Waals surface area contributed by atoms with Crippen molar-refractivity contribution in [1.29, 1.82) is 0 Å². The van der Waals surface area contributed by atoms with Gasteiger partial charge >= 0.3 is 0 Å². The number of rotatable bonds is 10. The van der Waals surface area contributed by atoms with Crippen LogP contribution >= 0.6 is 0 Å². The van der Waals surface area contributed by atoms with Crippen molar-refractivity contribution in [2.75, 3.05) is 13.6 Å². The normalized spacial score (nSPS) is 16.8. The van der Waals surface area contributed by atoms with Crippen LogP contribution in [0.15, 0.2) is 115 Å². The Kier molecular flexibility index (Phi) is 9.74. The molecular formula is C36H43N5. The molecule has 0 fully saturated rings. The predicted octanol–water partition coefficient (Wildman–Crippen LogP) is 7.41. The second-order valence-corrected chi connectivity index (χ2v) is 11.1. The van der Waals surface area contributed by atoms with Gasteiger partial charge in [0.1, 0.15) is 0 Å². The molecule has 3 unspecified atom stereocenters. The van der Waals surface area contributed by atoms with Gasteiger partial charge in [0.15, 0.2) is 0 Å². The summed E-state index contributed by atoms with van der Waals surface area (Å²) in [5.74, 6) is 0.239. The zero-order valence-corrected chi connectivity index (χ0v) is 25.2. The Hall–Kier alpha value is -4.22. The third kappa shape index (κ3) is 6.93. The fourth-order valence-corrected chi connectivity index (χ4v) is 5.46. The lowest BCUT2D eigenvalue weighted by Crippen LogP contribution is -2.34. The van der Waals surface area contributed by atoms with Gasteiger partial charge in [0.05, 0.1) is 23.5 Å². The van der Waals surface area contributed by atoms with Crippen LogP contribution in [0.5, 0.6) is 0 Å². The Morgan fingerprint density at radius 3 is 2.20 bits per heavy atom. The molecule has 212 valence electrons. The highest BCUT2D eigenvalue weighted by Gasteiger charge is 2.30. The third-order valence-electron chi connectivity index (χ3n) is 7.64. The van der Waals surface area contributed by atoms with Gasteiger partial charge in [-0.25, -0.2) is 0 Å². The lowest BCUT2D eigenvalue weighted by molar-refractivity contribution is 0.445. The molecule has 0 bridgehead atoms. The van der Waals surface area contributed by atoms with E-state index < -0.39 is 0 Å². The van der Waals surface area contributed by atoms with E-state index >= 15 is 0 Å². The van der Waals surface area contributed by atoms with Crippen molar-refractivity contribution in [2.45, 2.75) is 46.7 Å². The first kappa shape index (κ1) is 29.8. The van der Waals surface area contributed by atoms with Gasteiger partial charge in [-0.1, -0.05) is 61.0 Å². The van der Waals surface area contributed by atoms with E-state index in [1.54, 1.807) is 0 Å². The molecule has 3 heterocycles. The predicted molar refractivity (Wildman–Crippen MR) is 173 cm³/mol. The minimum Gasteiger partial charge on any atom is -0.382 e. The molecule has 1 aliphatic rings. The van der Waals surface area contributed by atoms with Gasteiger partial charge in [0.25, 0.3) is 0 Å². The lowest BCUT2D eigenvalue weighted by atomic mass is 9.82. The molecule has 0 spiro atoms. The van der Waals surface area contributed by atoms with Crippen molar-refractivity contribution in [3.05, 3.63) is 137 Å². The summed E-state index contributed by atoms with van der Waals surface area (Å²) in [6, 6.07) is 20.7. The van der Waals surface area contributed by atoms with Gasteiger partial charge in [0, 0.05) is 43.0 Å². The SMILES string of the molecule is C=C(C)c1ccc(/C(=C/NC(C)c2ccccn2)C2C(c3ccccn3)=CC(C(=C(C)C)C(C)CN)=CN2C)cc1. The van der Waals surface area contributed by atoms with Crippen molar-refractivity contribution in [3.63, 3.8) is 0 Å². The molecule has 0 amide bonds. The van der Waals surface area contributed by atoms with Crippen molar-refractivity contribution >= 4 is 16.7 Å². The van der Waals surface area contributed by atoms with Crippen molar-refractivity contribution in [1.82, 2.24) is 20.2 Å². The Morgan fingerprint density at radius 1 is 0.976 bits per heavy atom. The highest BCUT2D eigenvalue weighted by Crippen LogP contribution is 2.39. The second-order valence-electron chi connectivity index (χ2n) is 11.1. The van der Waals surface area contributed by atoms with Crippen LogP contribution in [-0.4, -0.2) is 34.5 Å². The first-order valence-electron chi connectivity index (χ1n) is 14.3. The van der Waals surface area contributed by atoms with Crippen LogP contribution in [0.4, 0.5) is 0 Å². The van der Waals surface area contributed by atoms with E-state index in [-0.39, 0.29) is 18.0 Å². The topological polar surface area (TPSA) is 67.1 Å². The van der Waals surface area contributed by atoms with E-state index in [1.165, 1.54) is 16.7 Å². The summed E-state index contributed by atoms with van der Waals surface area (Å²) < 4.78 is 0. The van der Waals surface area contributed by atoms with Crippen molar-refractivity contribution < 1.29 is 0 Å². The largest absolute Gasteiger partial charge is 0.382 e. The summed E-state index contributed by atoms with van der Waals surface area (Å²) in [5, 5.41) is 3.64. The summed E-state index contributed by atoms with van der Waals surface area (Å²) in [4.78, 5) is 11.7. The minimum absolute atomic E-state index is 0.0332. The van der Waals surface area contributed by atoms with E-state index in [4.69, 9.17) is 10.7 Å². The number of benzene rings is 1. The Labute approximate surface area is 245 Å². The molecule has 4 rings (SSSR count). The maximum Gasteiger partial charge on any atom is 0.0828 e. The van der Waals surface area contributed by atoms with E-state index in [0.29, 0.717) is 6.54 Å². The standard InChI is InChI=1S/C36H43N5/c1-24(2)28-14-16-29(17-15-28)32(22-40-27(6)33-12-8-10-18-38-33)36-31(34-13-9-11-19-39-34)20-30(23-41(36)7)35(25(3)4)26(5)21-37/h8-20,22-23,26-27,36,40H,1,21,37H2,2-7H3/b32-22-. The molecule has 3 N–H and O–H groups in total. The number of aromatic nitrogens is 2. The van der Waals surface area contributed by atoms with Crippen LogP contribution in [0.25, 0.3) is 16.7 Å². The van der Waals surface area contributed by atoms with Gasteiger partial charge in [-0.05, 0) is 92.8 Å². The van der Waals surface area contributed by atoms with E-state index in [1.807, 2.05) is 43.6 Å². The fraction of sp³-hybridized carbons (Fsp3) is 0.278. The zero-order valence-electron chi connectivity index (χ0n) is 25.2. The molecule has 3 aromatic rings. The molecule has 5 heteroatoms. The van der Waals surface area contributed by atoms with Gasteiger partial charge in [-0.3, -0.25) is 9.97 Å². The number of likely N-dealkylation sites (N-methyl/N-ethyl adjacent to an activating group) is 1. The van der Waals surface area contributed by atoms with Gasteiger partial charge in [-0.15, -0.1) is 0 Å². The molecule has 0 radical (unpaired) electrons. The highest BCUT2D eigenvalue weighted by atomic mass is 15.1. The average molecular weight is 546 g/mol. The number of nitrogens with zero attached hydrogens (tertiary/aromatic N) is 3. The fourth-order valence-electron chi connectivity index (χ4n) is 5.46. The molecule has 41 heavy (non-hydrogen) atoms. The molecule has 0 saturated heterocycles. The minimum atomic E-state index is -0.0839. The van der Waals surface area contributed by atoms with Crippen LogP contribution in [-0.2, 0) is 0 Å². The summed E-state index contributed by atoms with van der Waals surface area (Å²) in [7, 11) is 2.15. The van der Waals surface area contributed by atoms with Gasteiger partial charge in [0.2, 0.25) is 0 Å². The summed E-state index contributed by atoms with van der Waals surface area (Å²) >= 11 is 0. The van der Waals surface area contributed by atoms with Gasteiger partial charge < -0.3 is 16.0 Å². The molecular weight excluding hydrogens is 502 g/mol. The molecule has 5 nitrogen and oxygen atoms in total. The smallest absolute Gasteiger partial charge is 0.0828 e. The third-order valence-corrected chi connectivity index (χ3v) is 7.64. The molecule has 1 aromatic carbocycles. The van der Waals surface area contributed by atoms with Crippen LogP contribution in [0, 0.1) is 5.92 Å². The highest BCUT2D eigenvalue weighted by molar-refractivity contribution is 5.88. The number of nitrogens with one attached hydrogen (secondary N) is 1. The second kappa shape index (κ2) is 13.4. The number of nitrogens with two attached hydrogens (primary N) is 1. The molecule has 2 aromatic heterocycles. The van der Waals surface area contributed by atoms with Crippen LogP contribution in [0.2, 0.25) is 0 Å².